The van der Waals surface area contributed by atoms with Crippen LogP contribution in [-0.2, 0) is 0 Å². The highest BCUT2D eigenvalue weighted by molar-refractivity contribution is 4.55. The average Bonchev–Trinajstić information content (AvgIpc) is 1.65. The van der Waals surface area contributed by atoms with Crippen LogP contribution in [0.4, 0.5) is 8.78 Å². The highest BCUT2D eigenvalue weighted by atomic mass is 19.3. The zero-order valence-electron chi connectivity index (χ0n) is 3.64. The minimum atomic E-state index is -2.70. The van der Waals surface area contributed by atoms with E-state index in [0.29, 0.717) is 0 Å². The number of aliphatic hydroxyl groups excluding tert-OH is 1. The Morgan fingerprint density at radius 2 is 2.00 bits per heavy atom. The van der Waals surface area contributed by atoms with Crippen molar-refractivity contribution in [3.63, 3.8) is 0 Å². The third-order valence-corrected chi connectivity index (χ3v) is 0.532. The first-order chi connectivity index (χ1) is 3.18. The van der Waals surface area contributed by atoms with Crippen molar-refractivity contribution in [3.8, 4) is 0 Å². The Kier molecular flexibility index (Phi) is 2.78. The second-order valence-corrected chi connectivity index (χ2v) is 1.14. The highest BCUT2D eigenvalue weighted by Gasteiger charge is 2.12. The van der Waals surface area contributed by atoms with Gasteiger partial charge in [0, 0.05) is 6.54 Å². The lowest BCUT2D eigenvalue weighted by Gasteiger charge is -2.02. The summed E-state index contributed by atoms with van der Waals surface area (Å²) in [5, 5.41) is 8.06. The van der Waals surface area contributed by atoms with E-state index in [-0.39, 0.29) is 6.54 Å². The number of alkyl halides is 2. The Morgan fingerprint density at radius 3 is 2.00 bits per heavy atom. The van der Waals surface area contributed by atoms with Crippen molar-refractivity contribution in [2.75, 3.05) is 6.54 Å². The predicted octanol–water partition coefficient (Wildman–Crippen LogP) is -0.429. The first-order valence-corrected chi connectivity index (χ1v) is 1.84. The Hall–Kier alpha value is -0.220. The quantitative estimate of drug-likeness (QED) is 0.508. The molecule has 1 atom stereocenters. The summed E-state index contributed by atoms with van der Waals surface area (Å²) in [6, 6.07) is 0. The monoisotopic (exact) mass is 111 g/mol. The molecule has 0 unspecified atom stereocenters. The molecule has 0 spiro atoms. The molecule has 0 aliphatic carbocycles. The van der Waals surface area contributed by atoms with E-state index in [1.165, 1.54) is 0 Å². The number of aliphatic hydroxyl groups is 1. The topological polar surface area (TPSA) is 46.2 Å². The van der Waals surface area contributed by atoms with Crippen LogP contribution in [0, 0.1) is 0 Å². The van der Waals surface area contributed by atoms with E-state index >= 15 is 0 Å². The lowest BCUT2D eigenvalue weighted by Crippen LogP contribution is -2.26. The van der Waals surface area contributed by atoms with Crippen LogP contribution in [0.25, 0.3) is 0 Å². The van der Waals surface area contributed by atoms with E-state index in [4.69, 9.17) is 5.11 Å². The summed E-state index contributed by atoms with van der Waals surface area (Å²) < 4.78 is 22.2. The van der Waals surface area contributed by atoms with Crippen LogP contribution in [0.1, 0.15) is 0 Å². The molecule has 44 valence electrons. The molecule has 4 heteroatoms. The fraction of sp³-hybridized carbons (Fsp3) is 1.00. The zero-order chi connectivity index (χ0) is 5.86. The predicted molar refractivity (Wildman–Crippen MR) is 21.1 cm³/mol. The summed E-state index contributed by atoms with van der Waals surface area (Å²) in [7, 11) is 0. The minimum Gasteiger partial charge on any atom is -0.386 e. The van der Waals surface area contributed by atoms with E-state index in [9.17, 15) is 8.78 Å². The van der Waals surface area contributed by atoms with Gasteiger partial charge in [0.15, 0.2) is 0 Å². The maximum absolute atomic E-state index is 11.1. The molecule has 0 fully saturated rings. The van der Waals surface area contributed by atoms with Crippen molar-refractivity contribution < 1.29 is 13.9 Å². The van der Waals surface area contributed by atoms with Crippen LogP contribution >= 0.6 is 0 Å². The van der Waals surface area contributed by atoms with E-state index < -0.39 is 12.5 Å². The van der Waals surface area contributed by atoms with Crippen molar-refractivity contribution in [2.24, 2.45) is 5.73 Å². The van der Waals surface area contributed by atoms with Gasteiger partial charge in [0.05, 0.1) is 0 Å². The van der Waals surface area contributed by atoms with E-state index in [1.807, 2.05) is 0 Å². The number of rotatable bonds is 2. The molecule has 2 nitrogen and oxygen atoms in total. The van der Waals surface area contributed by atoms with Crippen molar-refractivity contribution in [3.05, 3.63) is 0 Å². The second kappa shape index (κ2) is 2.87. The molecule has 0 bridgehead atoms. The lowest BCUT2D eigenvalue weighted by atomic mass is 10.4. The third-order valence-electron chi connectivity index (χ3n) is 0.532. The van der Waals surface area contributed by atoms with Crippen molar-refractivity contribution in [1.82, 2.24) is 0 Å². The zero-order valence-corrected chi connectivity index (χ0v) is 3.64. The smallest absolute Gasteiger partial charge is 0.265 e. The molecule has 0 aromatic rings. The van der Waals surface area contributed by atoms with Crippen LogP contribution in [0.15, 0.2) is 0 Å². The van der Waals surface area contributed by atoms with Crippen molar-refractivity contribution >= 4 is 0 Å². The standard InChI is InChI=1S/C3H7F2NO/c4-3(5)2(7)1-6/h2-3,7H,1,6H2/t2-/m0/s1. The molecule has 0 aromatic heterocycles. The highest BCUT2D eigenvalue weighted by Crippen LogP contribution is 1.96. The van der Waals surface area contributed by atoms with Gasteiger partial charge in [0.2, 0.25) is 0 Å². The van der Waals surface area contributed by atoms with Crippen LogP contribution in [0.2, 0.25) is 0 Å². The number of halogens is 2. The van der Waals surface area contributed by atoms with Gasteiger partial charge in [-0.3, -0.25) is 0 Å². The molecule has 0 radical (unpaired) electrons. The van der Waals surface area contributed by atoms with Gasteiger partial charge >= 0.3 is 0 Å². The molecule has 3 N–H and O–H groups in total. The lowest BCUT2D eigenvalue weighted by molar-refractivity contribution is 0.00150. The summed E-state index contributed by atoms with van der Waals surface area (Å²) in [6.07, 6.45) is -4.36. The van der Waals surface area contributed by atoms with Gasteiger partial charge in [-0.25, -0.2) is 8.78 Å². The summed E-state index contributed by atoms with van der Waals surface area (Å²) in [5.74, 6) is 0. The molecular weight excluding hydrogens is 104 g/mol. The molecule has 0 aliphatic heterocycles. The molecule has 0 aliphatic rings. The summed E-state index contributed by atoms with van der Waals surface area (Å²) in [4.78, 5) is 0. The van der Waals surface area contributed by atoms with Crippen LogP contribution in [0.3, 0.4) is 0 Å². The molecular formula is C3H7F2NO. The summed E-state index contributed by atoms with van der Waals surface area (Å²) >= 11 is 0. The van der Waals surface area contributed by atoms with Crippen LogP contribution in [-0.4, -0.2) is 24.2 Å². The van der Waals surface area contributed by atoms with E-state index in [2.05, 4.69) is 5.73 Å². The number of nitrogens with two attached hydrogens (primary N) is 1. The molecule has 0 amide bonds. The molecule has 0 heterocycles. The molecule has 7 heavy (non-hydrogen) atoms. The van der Waals surface area contributed by atoms with Crippen molar-refractivity contribution in [2.45, 2.75) is 12.5 Å². The molecule has 0 rings (SSSR count). The number of hydrogen-bond acceptors (Lipinski definition) is 2. The Labute approximate surface area is 39.9 Å². The SMILES string of the molecule is NC[C@H](O)C(F)F. The first kappa shape index (κ1) is 6.78. The molecule has 0 saturated carbocycles. The Bertz CT molecular complexity index is 50.2. The average molecular weight is 111 g/mol. The van der Waals surface area contributed by atoms with Gasteiger partial charge in [-0.15, -0.1) is 0 Å². The maximum atomic E-state index is 11.1. The van der Waals surface area contributed by atoms with Gasteiger partial charge in [-0.05, 0) is 0 Å². The van der Waals surface area contributed by atoms with Gasteiger partial charge < -0.3 is 10.8 Å². The largest absolute Gasteiger partial charge is 0.386 e. The van der Waals surface area contributed by atoms with E-state index in [1.54, 1.807) is 0 Å². The fourth-order valence-corrected chi connectivity index (χ4v) is 0.103. The molecule has 0 saturated heterocycles. The van der Waals surface area contributed by atoms with E-state index in [0.717, 1.165) is 0 Å². The normalized spacial score (nSPS) is 15.0. The maximum Gasteiger partial charge on any atom is 0.265 e. The first-order valence-electron chi connectivity index (χ1n) is 1.84. The van der Waals surface area contributed by atoms with Crippen LogP contribution < -0.4 is 5.73 Å². The second-order valence-electron chi connectivity index (χ2n) is 1.14. The number of hydrogen-bond donors (Lipinski definition) is 2. The van der Waals surface area contributed by atoms with Gasteiger partial charge in [0.25, 0.3) is 6.43 Å². The van der Waals surface area contributed by atoms with Gasteiger partial charge in [0.1, 0.15) is 6.10 Å². The molecule has 0 aromatic carbocycles. The van der Waals surface area contributed by atoms with Gasteiger partial charge in [-0.2, -0.15) is 0 Å². The third kappa shape index (κ3) is 2.47. The Morgan fingerprint density at radius 1 is 1.57 bits per heavy atom. The fourth-order valence-electron chi connectivity index (χ4n) is 0.103. The minimum absolute atomic E-state index is 0.377. The summed E-state index contributed by atoms with van der Waals surface area (Å²) in [6.45, 7) is -0.377. The van der Waals surface area contributed by atoms with Crippen LogP contribution in [0.5, 0.6) is 0 Å². The summed E-state index contributed by atoms with van der Waals surface area (Å²) in [5.41, 5.74) is 4.64. The Balaban J connectivity index is 3.14. The van der Waals surface area contributed by atoms with Gasteiger partial charge in [-0.1, -0.05) is 0 Å². The van der Waals surface area contributed by atoms with Crippen molar-refractivity contribution in [1.29, 1.82) is 0 Å².